The maximum atomic E-state index is 12.4. The van der Waals surface area contributed by atoms with Gasteiger partial charge in [-0.1, -0.05) is 6.07 Å². The molecule has 6 nitrogen and oxygen atoms in total. The number of thiazole rings is 1. The predicted octanol–water partition coefficient (Wildman–Crippen LogP) is 3.57. The molecular weight excluding hydrogens is 351 g/mol. The fourth-order valence-corrected chi connectivity index (χ4v) is 3.47. The summed E-state index contributed by atoms with van der Waals surface area (Å²) in [5, 5.41) is 9.86. The number of carbonyl (C=O) groups is 1. The molecule has 3 aromatic rings. The molecule has 3 rings (SSSR count). The predicted molar refractivity (Wildman–Crippen MR) is 79.5 cm³/mol. The lowest BCUT2D eigenvalue weighted by atomic mass is 10.4. The lowest BCUT2D eigenvalue weighted by Gasteiger charge is -1.99. The van der Waals surface area contributed by atoms with E-state index >= 15 is 0 Å². The van der Waals surface area contributed by atoms with Gasteiger partial charge in [0.05, 0.1) is 10.6 Å². The zero-order valence-electron chi connectivity index (χ0n) is 11.4. The Hall–Kier alpha value is -2.27. The van der Waals surface area contributed by atoms with Gasteiger partial charge in [-0.05, 0) is 18.4 Å². The van der Waals surface area contributed by atoms with Gasteiger partial charge in [-0.15, -0.1) is 27.8 Å². The quantitative estimate of drug-likeness (QED) is 0.749. The summed E-state index contributed by atoms with van der Waals surface area (Å²) in [5.41, 5.74) is 0.488. The molecule has 0 radical (unpaired) electrons. The Morgan fingerprint density at radius 3 is 2.74 bits per heavy atom. The van der Waals surface area contributed by atoms with E-state index in [0.29, 0.717) is 15.6 Å². The minimum absolute atomic E-state index is 0.298. The highest BCUT2D eigenvalue weighted by Gasteiger charge is 2.35. The Kier molecular flexibility index (Phi) is 3.90. The van der Waals surface area contributed by atoms with Crippen LogP contribution >= 0.6 is 22.7 Å². The van der Waals surface area contributed by atoms with E-state index in [1.54, 1.807) is 12.0 Å². The summed E-state index contributed by atoms with van der Waals surface area (Å²) in [7, 11) is 0. The highest BCUT2D eigenvalue weighted by molar-refractivity contribution is 7.22. The summed E-state index contributed by atoms with van der Waals surface area (Å²) >= 11 is 2.64. The molecular formula is C12H8F3N5OS2. The van der Waals surface area contributed by atoms with E-state index in [4.69, 9.17) is 0 Å². The first-order valence-corrected chi connectivity index (χ1v) is 7.86. The molecule has 0 bridgehead atoms. The Bertz CT molecular complexity index is 837. The smallest absolute Gasteiger partial charge is 0.288 e. The molecule has 0 aliphatic carbocycles. The fraction of sp³-hybridized carbons (Fsp3) is 0.167. The van der Waals surface area contributed by atoms with Crippen LogP contribution in [-0.4, -0.2) is 26.1 Å². The first-order chi connectivity index (χ1) is 10.8. The first-order valence-electron chi connectivity index (χ1n) is 6.17. The Labute approximate surface area is 135 Å². The van der Waals surface area contributed by atoms with E-state index in [-0.39, 0.29) is 0 Å². The van der Waals surface area contributed by atoms with E-state index in [1.807, 2.05) is 17.5 Å². The number of H-pyrrole nitrogens is 1. The maximum Gasteiger partial charge on any atom is 0.451 e. The largest absolute Gasteiger partial charge is 0.451 e. The molecule has 0 unspecified atom stereocenters. The third-order valence-electron chi connectivity index (χ3n) is 2.71. The molecule has 0 spiro atoms. The summed E-state index contributed by atoms with van der Waals surface area (Å²) in [4.78, 5) is 20.9. The van der Waals surface area contributed by atoms with Gasteiger partial charge in [0.2, 0.25) is 11.8 Å². The number of hydrogen-bond donors (Lipinski definition) is 2. The average Bonchev–Trinajstić information content (AvgIpc) is 3.15. The summed E-state index contributed by atoms with van der Waals surface area (Å²) < 4.78 is 37.3. The van der Waals surface area contributed by atoms with E-state index in [1.165, 1.54) is 11.3 Å². The Balaban J connectivity index is 1.80. The number of nitrogens with zero attached hydrogens (tertiary/aromatic N) is 3. The second-order valence-corrected chi connectivity index (χ2v) is 6.32. The number of rotatable bonds is 3. The van der Waals surface area contributed by atoms with Crippen molar-refractivity contribution in [2.24, 2.45) is 0 Å². The van der Waals surface area contributed by atoms with Crippen LogP contribution in [0.3, 0.4) is 0 Å². The molecule has 11 heteroatoms. The van der Waals surface area contributed by atoms with Gasteiger partial charge in [-0.2, -0.15) is 18.2 Å². The third kappa shape index (κ3) is 3.24. The van der Waals surface area contributed by atoms with E-state index in [2.05, 4.69) is 20.4 Å². The Morgan fingerprint density at radius 2 is 2.13 bits per heavy atom. The van der Waals surface area contributed by atoms with Crippen molar-refractivity contribution in [1.29, 1.82) is 0 Å². The van der Waals surface area contributed by atoms with E-state index in [9.17, 15) is 18.0 Å². The van der Waals surface area contributed by atoms with Crippen LogP contribution in [0.5, 0.6) is 0 Å². The van der Waals surface area contributed by atoms with Gasteiger partial charge >= 0.3 is 6.18 Å². The van der Waals surface area contributed by atoms with E-state index < -0.39 is 23.9 Å². The zero-order chi connectivity index (χ0) is 16.6. The van der Waals surface area contributed by atoms with Crippen molar-refractivity contribution in [1.82, 2.24) is 20.2 Å². The number of nitrogens with one attached hydrogen (secondary N) is 2. The normalized spacial score (nSPS) is 11.7. The number of halogens is 3. The molecule has 0 atom stereocenters. The number of aryl methyl sites for hydroxylation is 1. The van der Waals surface area contributed by atoms with Gasteiger partial charge in [-0.25, -0.2) is 4.98 Å². The average molecular weight is 359 g/mol. The minimum atomic E-state index is -4.65. The molecule has 0 saturated carbocycles. The number of aromatic nitrogens is 4. The SMILES string of the molecule is Cc1nc(-c2cccs2)sc1C(=O)Nc1n[nH]c(C(F)(F)F)n1. The van der Waals surface area contributed by atoms with Gasteiger partial charge < -0.3 is 0 Å². The number of aromatic amines is 1. The molecule has 120 valence electrons. The van der Waals surface area contributed by atoms with Crippen LogP contribution in [0.2, 0.25) is 0 Å². The number of hydrogen-bond acceptors (Lipinski definition) is 6. The van der Waals surface area contributed by atoms with Crippen molar-refractivity contribution in [3.63, 3.8) is 0 Å². The van der Waals surface area contributed by atoms with Gasteiger partial charge in [0, 0.05) is 0 Å². The molecule has 3 aromatic heterocycles. The topological polar surface area (TPSA) is 83.6 Å². The summed E-state index contributed by atoms with van der Waals surface area (Å²) in [6.07, 6.45) is -4.65. The monoisotopic (exact) mass is 359 g/mol. The third-order valence-corrected chi connectivity index (χ3v) is 4.91. The van der Waals surface area contributed by atoms with Crippen LogP contribution in [0.15, 0.2) is 17.5 Å². The van der Waals surface area contributed by atoms with Gasteiger partial charge in [-0.3, -0.25) is 15.2 Å². The van der Waals surface area contributed by atoms with Crippen LogP contribution in [0.25, 0.3) is 9.88 Å². The molecule has 23 heavy (non-hydrogen) atoms. The fourth-order valence-electron chi connectivity index (χ4n) is 1.72. The lowest BCUT2D eigenvalue weighted by molar-refractivity contribution is -0.144. The maximum absolute atomic E-state index is 12.4. The van der Waals surface area contributed by atoms with Crippen LogP contribution in [0.4, 0.5) is 19.1 Å². The van der Waals surface area contributed by atoms with Crippen molar-refractivity contribution in [3.05, 3.63) is 33.9 Å². The molecule has 1 amide bonds. The molecule has 0 fully saturated rings. The highest BCUT2D eigenvalue weighted by atomic mass is 32.1. The van der Waals surface area contributed by atoms with Crippen LogP contribution in [-0.2, 0) is 6.18 Å². The van der Waals surface area contributed by atoms with Crippen molar-refractivity contribution < 1.29 is 18.0 Å². The van der Waals surface area contributed by atoms with Crippen molar-refractivity contribution >= 4 is 34.5 Å². The molecule has 3 heterocycles. The zero-order valence-corrected chi connectivity index (χ0v) is 13.1. The number of carbonyl (C=O) groups excluding carboxylic acids is 1. The lowest BCUT2D eigenvalue weighted by Crippen LogP contribution is -2.13. The molecule has 0 aromatic carbocycles. The summed E-state index contributed by atoms with van der Waals surface area (Å²) in [5.74, 6) is -2.31. The Morgan fingerprint density at radius 1 is 1.35 bits per heavy atom. The van der Waals surface area contributed by atoms with Gasteiger partial charge in [0.1, 0.15) is 9.88 Å². The summed E-state index contributed by atoms with van der Waals surface area (Å²) in [6.45, 7) is 1.65. The standard InChI is InChI=1S/C12H8F3N5OS2/c1-5-7(23-9(16-5)6-3-2-4-22-6)8(21)17-11-18-10(19-20-11)12(13,14)15/h2-4H,1H3,(H2,17,18,19,20,21). The number of amides is 1. The molecule has 0 aliphatic rings. The molecule has 0 saturated heterocycles. The van der Waals surface area contributed by atoms with Gasteiger partial charge in [0.25, 0.3) is 5.91 Å². The first kappa shape index (κ1) is 15.6. The van der Waals surface area contributed by atoms with Crippen LogP contribution in [0, 0.1) is 6.92 Å². The number of anilines is 1. The second-order valence-electron chi connectivity index (χ2n) is 4.37. The summed E-state index contributed by atoms with van der Waals surface area (Å²) in [6, 6.07) is 3.73. The molecule has 2 N–H and O–H groups in total. The van der Waals surface area contributed by atoms with Crippen LogP contribution in [0.1, 0.15) is 21.2 Å². The molecule has 0 aliphatic heterocycles. The number of alkyl halides is 3. The van der Waals surface area contributed by atoms with Crippen molar-refractivity contribution in [3.8, 4) is 9.88 Å². The number of thiophene rings is 1. The second kappa shape index (κ2) is 5.74. The van der Waals surface area contributed by atoms with Crippen LogP contribution < -0.4 is 5.32 Å². The van der Waals surface area contributed by atoms with Crippen molar-refractivity contribution in [2.75, 3.05) is 5.32 Å². The van der Waals surface area contributed by atoms with E-state index in [0.717, 1.165) is 16.2 Å². The highest BCUT2D eigenvalue weighted by Crippen LogP contribution is 2.31. The van der Waals surface area contributed by atoms with Crippen molar-refractivity contribution in [2.45, 2.75) is 13.1 Å². The van der Waals surface area contributed by atoms with Gasteiger partial charge in [0.15, 0.2) is 0 Å². The minimum Gasteiger partial charge on any atom is -0.288 e.